The Morgan fingerprint density at radius 3 is 2.84 bits per heavy atom. The monoisotopic (exact) mass is 277 g/mol. The van der Waals surface area contributed by atoms with Crippen LogP contribution in [0.25, 0.3) is 0 Å². The second-order valence-electron chi connectivity index (χ2n) is 4.40. The Labute approximate surface area is 113 Å². The first kappa shape index (κ1) is 12.1. The van der Waals surface area contributed by atoms with Crippen molar-refractivity contribution in [2.75, 3.05) is 0 Å². The lowest BCUT2D eigenvalue weighted by Crippen LogP contribution is -2.07. The van der Waals surface area contributed by atoms with Gasteiger partial charge in [-0.1, -0.05) is 0 Å². The van der Waals surface area contributed by atoms with E-state index in [4.69, 9.17) is 0 Å². The van der Waals surface area contributed by atoms with E-state index in [0.29, 0.717) is 5.00 Å². The zero-order chi connectivity index (χ0) is 13.4. The summed E-state index contributed by atoms with van der Waals surface area (Å²) in [4.78, 5) is 28.0. The molecule has 2 aliphatic rings. The number of carbonyl (C=O) groups is 2. The average Bonchev–Trinajstić information content (AvgIpc) is 2.93. The number of esters is 1. The molecule has 5 nitrogen and oxygen atoms in total. The van der Waals surface area contributed by atoms with E-state index in [1.165, 1.54) is 23.7 Å². The number of carboxylic acids is 1. The maximum absolute atomic E-state index is 11.4. The lowest BCUT2D eigenvalue weighted by molar-refractivity contribution is -0.129. The van der Waals surface area contributed by atoms with Gasteiger partial charge in [0.05, 0.1) is 11.8 Å². The third-order valence-corrected chi connectivity index (χ3v) is 4.38. The molecule has 0 radical (unpaired) electrons. The van der Waals surface area contributed by atoms with Crippen LogP contribution in [-0.4, -0.2) is 22.8 Å². The summed E-state index contributed by atoms with van der Waals surface area (Å²) in [6.07, 6.45) is 6.46. The number of aromatic carboxylic acids is 1. The van der Waals surface area contributed by atoms with Gasteiger partial charge in [-0.15, -0.1) is 11.3 Å². The molecule has 1 aromatic rings. The SMILES string of the molecule is O=C1OC=CC1=Nc1sc2c(c1C(=O)O)CCCC2. The van der Waals surface area contributed by atoms with E-state index < -0.39 is 11.9 Å². The molecule has 1 aliphatic carbocycles. The quantitative estimate of drug-likeness (QED) is 0.842. The molecular weight excluding hydrogens is 266 g/mol. The summed E-state index contributed by atoms with van der Waals surface area (Å²) in [6, 6.07) is 0. The number of cyclic esters (lactones) is 1. The topological polar surface area (TPSA) is 76.0 Å². The van der Waals surface area contributed by atoms with Crippen molar-refractivity contribution in [3.05, 3.63) is 28.3 Å². The summed E-state index contributed by atoms with van der Waals surface area (Å²) in [6.45, 7) is 0. The highest BCUT2D eigenvalue weighted by atomic mass is 32.1. The van der Waals surface area contributed by atoms with Crippen LogP contribution >= 0.6 is 11.3 Å². The molecule has 0 saturated carbocycles. The van der Waals surface area contributed by atoms with Crippen molar-refractivity contribution in [2.45, 2.75) is 25.7 Å². The summed E-state index contributed by atoms with van der Waals surface area (Å²) in [5, 5.41) is 9.75. The van der Waals surface area contributed by atoms with Gasteiger partial charge in [-0.05, 0) is 31.2 Å². The van der Waals surface area contributed by atoms with Crippen LogP contribution in [0.3, 0.4) is 0 Å². The molecule has 1 N–H and O–H groups in total. The number of nitrogens with zero attached hydrogens (tertiary/aromatic N) is 1. The lowest BCUT2D eigenvalue weighted by atomic mass is 9.95. The Kier molecular flexibility index (Phi) is 2.94. The van der Waals surface area contributed by atoms with Gasteiger partial charge in [-0.3, -0.25) is 0 Å². The third kappa shape index (κ3) is 2.08. The minimum atomic E-state index is -0.978. The molecule has 0 fully saturated rings. The van der Waals surface area contributed by atoms with Crippen molar-refractivity contribution in [3.8, 4) is 0 Å². The standard InChI is InChI=1S/C13H11NO4S/c15-12(16)10-7-3-1-2-4-9(7)19-11(10)14-8-5-6-18-13(8)17/h5-6H,1-4H2,(H,15,16). The first-order valence-electron chi connectivity index (χ1n) is 6.01. The van der Waals surface area contributed by atoms with Crippen molar-refractivity contribution >= 4 is 34.0 Å². The summed E-state index contributed by atoms with van der Waals surface area (Å²) >= 11 is 1.37. The van der Waals surface area contributed by atoms with Gasteiger partial charge in [0.15, 0.2) is 5.71 Å². The molecule has 1 aliphatic heterocycles. The molecule has 2 heterocycles. The first-order valence-corrected chi connectivity index (χ1v) is 6.82. The Morgan fingerprint density at radius 1 is 1.37 bits per heavy atom. The maximum Gasteiger partial charge on any atom is 0.361 e. The van der Waals surface area contributed by atoms with Gasteiger partial charge in [-0.2, -0.15) is 0 Å². The fraction of sp³-hybridized carbons (Fsp3) is 0.308. The van der Waals surface area contributed by atoms with E-state index in [1.54, 1.807) is 0 Å². The van der Waals surface area contributed by atoms with Gasteiger partial charge < -0.3 is 9.84 Å². The number of ether oxygens (including phenoxy) is 1. The number of hydrogen-bond donors (Lipinski definition) is 1. The molecule has 0 spiro atoms. The number of rotatable bonds is 2. The van der Waals surface area contributed by atoms with Crippen LogP contribution in [0.1, 0.15) is 33.6 Å². The van der Waals surface area contributed by atoms with Gasteiger partial charge in [0, 0.05) is 11.0 Å². The predicted octanol–water partition coefficient (Wildman–Crippen LogP) is 2.47. The van der Waals surface area contributed by atoms with Crippen molar-refractivity contribution in [3.63, 3.8) is 0 Å². The highest BCUT2D eigenvalue weighted by molar-refractivity contribution is 7.16. The van der Waals surface area contributed by atoms with Crippen molar-refractivity contribution in [2.24, 2.45) is 4.99 Å². The Balaban J connectivity index is 2.10. The molecule has 19 heavy (non-hydrogen) atoms. The van der Waals surface area contributed by atoms with Crippen LogP contribution in [0.15, 0.2) is 17.3 Å². The molecular formula is C13H11NO4S. The Morgan fingerprint density at radius 2 is 2.16 bits per heavy atom. The normalized spacial score (nSPS) is 19.6. The molecule has 3 rings (SSSR count). The van der Waals surface area contributed by atoms with E-state index in [2.05, 4.69) is 9.73 Å². The summed E-state index contributed by atoms with van der Waals surface area (Å²) in [5.74, 6) is -1.52. The Bertz CT molecular complexity index is 627. The van der Waals surface area contributed by atoms with E-state index in [0.717, 1.165) is 36.1 Å². The van der Waals surface area contributed by atoms with Gasteiger partial charge in [0.25, 0.3) is 0 Å². The molecule has 98 valence electrons. The smallest absolute Gasteiger partial charge is 0.361 e. The van der Waals surface area contributed by atoms with Crippen LogP contribution in [0, 0.1) is 0 Å². The van der Waals surface area contributed by atoms with Crippen molar-refractivity contribution in [1.82, 2.24) is 0 Å². The van der Waals surface area contributed by atoms with E-state index >= 15 is 0 Å². The number of thiophene rings is 1. The van der Waals surface area contributed by atoms with Gasteiger partial charge in [0.1, 0.15) is 5.00 Å². The number of fused-ring (bicyclic) bond motifs is 1. The molecule has 0 bridgehead atoms. The molecule has 0 aromatic carbocycles. The third-order valence-electron chi connectivity index (χ3n) is 3.20. The summed E-state index contributed by atoms with van der Waals surface area (Å²) in [7, 11) is 0. The van der Waals surface area contributed by atoms with Crippen LogP contribution in [0.5, 0.6) is 0 Å². The average molecular weight is 277 g/mol. The van der Waals surface area contributed by atoms with Crippen LogP contribution < -0.4 is 0 Å². The van der Waals surface area contributed by atoms with E-state index in [-0.39, 0.29) is 11.3 Å². The minimum absolute atomic E-state index is 0.154. The second-order valence-corrected chi connectivity index (χ2v) is 5.48. The number of carboxylic acid groups (broad SMARTS) is 1. The van der Waals surface area contributed by atoms with Crippen molar-refractivity contribution < 1.29 is 19.4 Å². The largest absolute Gasteiger partial charge is 0.478 e. The van der Waals surface area contributed by atoms with Crippen LogP contribution in [0.2, 0.25) is 0 Å². The van der Waals surface area contributed by atoms with Gasteiger partial charge >= 0.3 is 11.9 Å². The Hall–Kier alpha value is -1.95. The summed E-state index contributed by atoms with van der Waals surface area (Å²) in [5.41, 5.74) is 1.29. The number of aryl methyl sites for hydroxylation is 1. The highest BCUT2D eigenvalue weighted by Crippen LogP contribution is 2.40. The molecule has 1 aromatic heterocycles. The molecule has 0 saturated heterocycles. The zero-order valence-electron chi connectivity index (χ0n) is 10.0. The lowest BCUT2D eigenvalue weighted by Gasteiger charge is -2.10. The van der Waals surface area contributed by atoms with Crippen LogP contribution in [0.4, 0.5) is 5.00 Å². The second kappa shape index (κ2) is 4.62. The fourth-order valence-electron chi connectivity index (χ4n) is 2.33. The predicted molar refractivity (Wildman–Crippen MR) is 70.2 cm³/mol. The molecule has 6 heteroatoms. The summed E-state index contributed by atoms with van der Waals surface area (Å²) < 4.78 is 4.65. The zero-order valence-corrected chi connectivity index (χ0v) is 10.8. The van der Waals surface area contributed by atoms with Gasteiger partial charge in [0.2, 0.25) is 0 Å². The molecule has 0 unspecified atom stereocenters. The number of aliphatic imine (C=N–C) groups is 1. The minimum Gasteiger partial charge on any atom is -0.478 e. The van der Waals surface area contributed by atoms with Crippen molar-refractivity contribution in [1.29, 1.82) is 0 Å². The first-order chi connectivity index (χ1) is 9.16. The van der Waals surface area contributed by atoms with E-state index in [1.807, 2.05) is 0 Å². The molecule has 0 amide bonds. The number of carbonyl (C=O) groups excluding carboxylic acids is 1. The highest BCUT2D eigenvalue weighted by Gasteiger charge is 2.26. The molecule has 0 atom stereocenters. The number of hydrogen-bond acceptors (Lipinski definition) is 5. The van der Waals surface area contributed by atoms with E-state index in [9.17, 15) is 14.7 Å². The maximum atomic E-state index is 11.4. The van der Waals surface area contributed by atoms with Crippen LogP contribution in [-0.2, 0) is 22.4 Å². The van der Waals surface area contributed by atoms with Gasteiger partial charge in [-0.25, -0.2) is 14.6 Å². The fourth-order valence-corrected chi connectivity index (χ4v) is 3.60.